The SMILES string of the molecule is CC[C@@H]1c2[nH]c3ccccc3c2[C@H]2CCN(C)[C@H]3CCC[C@@H]1[C@H]23. The lowest BCUT2D eigenvalue weighted by Crippen LogP contribution is -2.53. The number of H-pyrrole nitrogens is 1. The Balaban J connectivity index is 1.74. The molecule has 1 N–H and O–H groups in total. The van der Waals surface area contributed by atoms with E-state index in [4.69, 9.17) is 0 Å². The molecule has 1 saturated carbocycles. The third-order valence-electron chi connectivity index (χ3n) is 7.27. The first-order chi connectivity index (χ1) is 11.3. The van der Waals surface area contributed by atoms with Crippen LogP contribution in [0, 0.1) is 11.8 Å². The number of piperidine rings is 1. The summed E-state index contributed by atoms with van der Waals surface area (Å²) in [6, 6.07) is 9.85. The number of hydrogen-bond donors (Lipinski definition) is 1. The van der Waals surface area contributed by atoms with Gasteiger partial charge in [-0.3, -0.25) is 0 Å². The van der Waals surface area contributed by atoms with E-state index in [9.17, 15) is 0 Å². The van der Waals surface area contributed by atoms with Crippen LogP contribution in [0.1, 0.15) is 62.1 Å². The monoisotopic (exact) mass is 308 g/mol. The molecule has 23 heavy (non-hydrogen) atoms. The van der Waals surface area contributed by atoms with E-state index in [0.29, 0.717) is 0 Å². The molecular weight excluding hydrogens is 280 g/mol. The highest BCUT2D eigenvalue weighted by Gasteiger charge is 2.50. The summed E-state index contributed by atoms with van der Waals surface area (Å²) < 4.78 is 0. The summed E-state index contributed by atoms with van der Waals surface area (Å²) in [4.78, 5) is 6.53. The summed E-state index contributed by atoms with van der Waals surface area (Å²) in [5.74, 6) is 3.31. The van der Waals surface area contributed by atoms with Gasteiger partial charge in [-0.05, 0) is 68.7 Å². The average Bonchev–Trinajstić information content (AvgIpc) is 2.97. The Labute approximate surface area is 139 Å². The van der Waals surface area contributed by atoms with Crippen LogP contribution in [0.25, 0.3) is 10.9 Å². The second-order valence-corrected chi connectivity index (χ2v) is 8.13. The number of aromatic amines is 1. The molecule has 0 unspecified atom stereocenters. The van der Waals surface area contributed by atoms with Gasteiger partial charge in [0.2, 0.25) is 0 Å². The Hall–Kier alpha value is -1.28. The summed E-state index contributed by atoms with van der Waals surface area (Å²) >= 11 is 0. The predicted molar refractivity (Wildman–Crippen MR) is 95.9 cm³/mol. The van der Waals surface area contributed by atoms with Gasteiger partial charge in [-0.1, -0.05) is 31.5 Å². The summed E-state index contributed by atoms with van der Waals surface area (Å²) in [5, 5.41) is 1.51. The van der Waals surface area contributed by atoms with Crippen LogP contribution in [0.15, 0.2) is 24.3 Å². The normalized spacial score (nSPS) is 36.7. The lowest BCUT2D eigenvalue weighted by molar-refractivity contribution is 0.00638. The molecule has 5 rings (SSSR count). The number of nitrogens with one attached hydrogen (secondary N) is 1. The topological polar surface area (TPSA) is 19.0 Å². The summed E-state index contributed by atoms with van der Waals surface area (Å²) in [6.45, 7) is 3.67. The fraction of sp³-hybridized carbons (Fsp3) is 0.619. The van der Waals surface area contributed by atoms with Crippen molar-refractivity contribution in [1.82, 2.24) is 9.88 Å². The van der Waals surface area contributed by atoms with Gasteiger partial charge in [0.1, 0.15) is 0 Å². The molecule has 2 heterocycles. The molecule has 5 atom stereocenters. The first-order valence-electron chi connectivity index (χ1n) is 9.60. The fourth-order valence-electron chi connectivity index (χ4n) is 6.42. The smallest absolute Gasteiger partial charge is 0.0459 e. The van der Waals surface area contributed by atoms with Crippen LogP contribution in [0.3, 0.4) is 0 Å². The maximum Gasteiger partial charge on any atom is 0.0459 e. The zero-order chi connectivity index (χ0) is 15.6. The van der Waals surface area contributed by atoms with Crippen LogP contribution < -0.4 is 0 Å². The second-order valence-electron chi connectivity index (χ2n) is 8.13. The molecule has 2 heteroatoms. The van der Waals surface area contributed by atoms with Gasteiger partial charge in [-0.15, -0.1) is 0 Å². The summed E-state index contributed by atoms with van der Waals surface area (Å²) in [5.41, 5.74) is 4.67. The highest BCUT2D eigenvalue weighted by Crippen LogP contribution is 2.58. The van der Waals surface area contributed by atoms with E-state index in [1.807, 2.05) is 0 Å². The predicted octanol–water partition coefficient (Wildman–Crippen LogP) is 4.88. The third-order valence-corrected chi connectivity index (χ3v) is 7.27. The summed E-state index contributed by atoms with van der Waals surface area (Å²) in [6.07, 6.45) is 6.92. The number of benzene rings is 1. The standard InChI is InChI=1S/C21H28N2/c1-3-13-14-8-6-10-18-19(14)16(11-12-23(18)2)20-15-7-4-5-9-17(15)22-21(13)20/h4-5,7,9,13-14,16,18-19,22H,3,6,8,10-12H2,1-2H3/t13-,14-,16-,18-,19+/m0/s1. The van der Waals surface area contributed by atoms with Gasteiger partial charge in [0.15, 0.2) is 0 Å². The molecule has 0 radical (unpaired) electrons. The summed E-state index contributed by atoms with van der Waals surface area (Å²) in [7, 11) is 2.37. The minimum atomic E-state index is 0.743. The number of likely N-dealkylation sites (tertiary alicyclic amines) is 1. The Kier molecular flexibility index (Phi) is 3.13. The van der Waals surface area contributed by atoms with E-state index in [2.05, 4.69) is 48.1 Å². The van der Waals surface area contributed by atoms with Gasteiger partial charge < -0.3 is 9.88 Å². The van der Waals surface area contributed by atoms with Crippen LogP contribution in [0.4, 0.5) is 0 Å². The van der Waals surface area contributed by atoms with Crippen molar-refractivity contribution >= 4 is 10.9 Å². The van der Waals surface area contributed by atoms with Crippen molar-refractivity contribution in [2.45, 2.75) is 56.9 Å². The first kappa shape index (κ1) is 14.1. The van der Waals surface area contributed by atoms with Gasteiger partial charge in [0.05, 0.1) is 0 Å². The highest BCUT2D eigenvalue weighted by atomic mass is 15.1. The van der Waals surface area contributed by atoms with E-state index >= 15 is 0 Å². The molecular formula is C21H28N2. The van der Waals surface area contributed by atoms with Crippen molar-refractivity contribution in [2.75, 3.05) is 13.6 Å². The molecule has 0 spiro atoms. The molecule has 1 saturated heterocycles. The molecule has 0 amide bonds. The van der Waals surface area contributed by atoms with Crippen LogP contribution in [-0.4, -0.2) is 29.5 Å². The number of rotatable bonds is 1. The fourth-order valence-corrected chi connectivity index (χ4v) is 6.42. The molecule has 2 fully saturated rings. The first-order valence-corrected chi connectivity index (χ1v) is 9.60. The Morgan fingerprint density at radius 1 is 1.17 bits per heavy atom. The van der Waals surface area contributed by atoms with Gasteiger partial charge >= 0.3 is 0 Å². The largest absolute Gasteiger partial charge is 0.358 e. The van der Waals surface area contributed by atoms with Crippen molar-refractivity contribution in [2.24, 2.45) is 11.8 Å². The van der Waals surface area contributed by atoms with Gasteiger partial charge in [0.25, 0.3) is 0 Å². The van der Waals surface area contributed by atoms with Crippen molar-refractivity contribution in [1.29, 1.82) is 0 Å². The van der Waals surface area contributed by atoms with Crippen LogP contribution in [-0.2, 0) is 0 Å². The minimum Gasteiger partial charge on any atom is -0.358 e. The Bertz CT molecular complexity index is 731. The van der Waals surface area contributed by atoms with Crippen LogP contribution in [0.5, 0.6) is 0 Å². The van der Waals surface area contributed by atoms with Crippen LogP contribution >= 0.6 is 0 Å². The van der Waals surface area contributed by atoms with Crippen molar-refractivity contribution in [3.63, 3.8) is 0 Å². The molecule has 2 aromatic rings. The molecule has 1 aromatic carbocycles. The van der Waals surface area contributed by atoms with E-state index in [-0.39, 0.29) is 0 Å². The average molecular weight is 308 g/mol. The molecule has 2 aliphatic carbocycles. The van der Waals surface area contributed by atoms with E-state index in [0.717, 1.165) is 29.7 Å². The van der Waals surface area contributed by atoms with Gasteiger partial charge in [-0.2, -0.15) is 0 Å². The zero-order valence-corrected chi connectivity index (χ0v) is 14.4. The number of nitrogens with zero attached hydrogens (tertiary/aromatic N) is 1. The lowest BCUT2D eigenvalue weighted by atomic mass is 9.56. The molecule has 3 aliphatic rings. The molecule has 1 aliphatic heterocycles. The third kappa shape index (κ3) is 1.85. The van der Waals surface area contributed by atoms with Crippen molar-refractivity contribution < 1.29 is 0 Å². The lowest BCUT2D eigenvalue weighted by Gasteiger charge is -2.55. The van der Waals surface area contributed by atoms with E-state index < -0.39 is 0 Å². The number of hydrogen-bond acceptors (Lipinski definition) is 1. The second kappa shape index (κ2) is 5.11. The quantitative estimate of drug-likeness (QED) is 0.795. The van der Waals surface area contributed by atoms with Gasteiger partial charge in [-0.25, -0.2) is 0 Å². The minimum absolute atomic E-state index is 0.743. The maximum atomic E-state index is 3.85. The van der Waals surface area contributed by atoms with Crippen molar-refractivity contribution in [3.8, 4) is 0 Å². The zero-order valence-electron chi connectivity index (χ0n) is 14.4. The number of aromatic nitrogens is 1. The molecule has 2 nitrogen and oxygen atoms in total. The molecule has 1 aromatic heterocycles. The Morgan fingerprint density at radius 3 is 2.91 bits per heavy atom. The van der Waals surface area contributed by atoms with E-state index in [1.165, 1.54) is 49.6 Å². The highest BCUT2D eigenvalue weighted by molar-refractivity contribution is 5.86. The Morgan fingerprint density at radius 2 is 2.04 bits per heavy atom. The van der Waals surface area contributed by atoms with Gasteiger partial charge in [0, 0.05) is 28.6 Å². The molecule has 122 valence electrons. The molecule has 0 bridgehead atoms. The van der Waals surface area contributed by atoms with Crippen LogP contribution in [0.2, 0.25) is 0 Å². The van der Waals surface area contributed by atoms with E-state index in [1.54, 1.807) is 11.3 Å². The maximum absolute atomic E-state index is 3.85. The van der Waals surface area contributed by atoms with Crippen molar-refractivity contribution in [3.05, 3.63) is 35.5 Å². The number of fused-ring (bicyclic) bond motifs is 4. The number of para-hydroxylation sites is 1.